The summed E-state index contributed by atoms with van der Waals surface area (Å²) in [6.07, 6.45) is 1.17. The SMILES string of the molecule is CC(C)c1ccccc1OCC(=O)N[C@H](C)c1ccc(S(C)(=O)=O)cc1. The van der Waals surface area contributed by atoms with Gasteiger partial charge in [0, 0.05) is 6.26 Å². The number of sulfone groups is 1. The molecule has 1 amide bonds. The highest BCUT2D eigenvalue weighted by atomic mass is 32.2. The molecule has 0 unspecified atom stereocenters. The van der Waals surface area contributed by atoms with Crippen LogP contribution in [-0.4, -0.2) is 27.2 Å². The van der Waals surface area contributed by atoms with Crippen molar-refractivity contribution < 1.29 is 17.9 Å². The molecule has 0 fully saturated rings. The first kappa shape index (κ1) is 20.0. The summed E-state index contributed by atoms with van der Waals surface area (Å²) in [5.41, 5.74) is 1.89. The first-order chi connectivity index (χ1) is 12.2. The molecule has 0 saturated heterocycles. The Bertz CT molecular complexity index is 858. The summed E-state index contributed by atoms with van der Waals surface area (Å²) in [4.78, 5) is 12.4. The maximum atomic E-state index is 12.2. The predicted octanol–water partition coefficient (Wildman–Crippen LogP) is 3.47. The third-order valence-corrected chi connectivity index (χ3v) is 5.21. The summed E-state index contributed by atoms with van der Waals surface area (Å²) >= 11 is 0. The van der Waals surface area contributed by atoms with Crippen LogP contribution in [0.2, 0.25) is 0 Å². The van der Waals surface area contributed by atoms with Crippen LogP contribution >= 0.6 is 0 Å². The van der Waals surface area contributed by atoms with Gasteiger partial charge in [-0.15, -0.1) is 0 Å². The number of para-hydroxylation sites is 1. The van der Waals surface area contributed by atoms with Crippen LogP contribution in [-0.2, 0) is 14.6 Å². The maximum Gasteiger partial charge on any atom is 0.258 e. The minimum Gasteiger partial charge on any atom is -0.483 e. The third kappa shape index (κ3) is 5.33. The maximum absolute atomic E-state index is 12.2. The minimum atomic E-state index is -3.23. The molecule has 0 radical (unpaired) electrons. The van der Waals surface area contributed by atoms with Crippen LogP contribution in [0.25, 0.3) is 0 Å². The molecule has 6 heteroatoms. The molecule has 26 heavy (non-hydrogen) atoms. The molecule has 2 aromatic rings. The Morgan fingerprint density at radius 1 is 1.04 bits per heavy atom. The molecule has 0 bridgehead atoms. The minimum absolute atomic E-state index is 0.0739. The number of hydrogen-bond acceptors (Lipinski definition) is 4. The summed E-state index contributed by atoms with van der Waals surface area (Å²) in [5.74, 6) is 0.785. The van der Waals surface area contributed by atoms with Crippen molar-refractivity contribution in [3.05, 3.63) is 59.7 Å². The largest absolute Gasteiger partial charge is 0.483 e. The molecular formula is C20H25NO4S. The van der Waals surface area contributed by atoms with Crippen LogP contribution in [0.1, 0.15) is 43.9 Å². The average molecular weight is 375 g/mol. The number of hydrogen-bond donors (Lipinski definition) is 1. The molecule has 0 heterocycles. The van der Waals surface area contributed by atoms with Gasteiger partial charge in [0.15, 0.2) is 16.4 Å². The van der Waals surface area contributed by atoms with Crippen molar-refractivity contribution in [3.63, 3.8) is 0 Å². The molecule has 2 rings (SSSR count). The lowest BCUT2D eigenvalue weighted by Crippen LogP contribution is -2.31. The lowest BCUT2D eigenvalue weighted by molar-refractivity contribution is -0.123. The molecule has 1 N–H and O–H groups in total. The smallest absolute Gasteiger partial charge is 0.258 e. The second-order valence-corrected chi connectivity index (χ2v) is 8.63. The highest BCUT2D eigenvalue weighted by Crippen LogP contribution is 2.25. The van der Waals surface area contributed by atoms with E-state index in [9.17, 15) is 13.2 Å². The quantitative estimate of drug-likeness (QED) is 0.804. The highest BCUT2D eigenvalue weighted by Gasteiger charge is 2.13. The first-order valence-corrected chi connectivity index (χ1v) is 10.4. The van der Waals surface area contributed by atoms with E-state index in [1.807, 2.05) is 31.2 Å². The molecule has 0 aliphatic carbocycles. The Hall–Kier alpha value is -2.34. The zero-order chi connectivity index (χ0) is 19.3. The Labute approximate surface area is 155 Å². The van der Waals surface area contributed by atoms with E-state index in [0.717, 1.165) is 11.1 Å². The summed E-state index contributed by atoms with van der Waals surface area (Å²) in [6.45, 7) is 5.92. The van der Waals surface area contributed by atoms with E-state index in [2.05, 4.69) is 19.2 Å². The van der Waals surface area contributed by atoms with E-state index >= 15 is 0 Å². The number of benzene rings is 2. The van der Waals surface area contributed by atoms with Gasteiger partial charge in [0.25, 0.3) is 5.91 Å². The fourth-order valence-electron chi connectivity index (χ4n) is 2.60. The molecular weight excluding hydrogens is 350 g/mol. The number of ether oxygens (including phenoxy) is 1. The van der Waals surface area contributed by atoms with Crippen LogP contribution in [0.4, 0.5) is 0 Å². The molecule has 5 nitrogen and oxygen atoms in total. The van der Waals surface area contributed by atoms with E-state index in [4.69, 9.17) is 4.74 Å². The molecule has 0 aliphatic heterocycles. The molecule has 2 aromatic carbocycles. The molecule has 0 saturated carbocycles. The zero-order valence-electron chi connectivity index (χ0n) is 15.5. The summed E-state index contributed by atoms with van der Waals surface area (Å²) in [5, 5.41) is 2.86. The Balaban J connectivity index is 1.95. The van der Waals surface area contributed by atoms with E-state index in [1.54, 1.807) is 24.3 Å². The molecule has 0 spiro atoms. The fourth-order valence-corrected chi connectivity index (χ4v) is 3.23. The number of amides is 1. The summed E-state index contributed by atoms with van der Waals surface area (Å²) < 4.78 is 28.7. The standard InChI is InChI=1S/C20H25NO4S/c1-14(2)18-7-5-6-8-19(18)25-13-20(22)21-15(3)16-9-11-17(12-10-16)26(4,23)24/h5-12,14-15H,13H2,1-4H3,(H,21,22)/t15-/m1/s1. The number of rotatable bonds is 7. The summed E-state index contributed by atoms with van der Waals surface area (Å²) in [6, 6.07) is 13.9. The van der Waals surface area contributed by atoms with E-state index in [1.165, 1.54) is 6.26 Å². The van der Waals surface area contributed by atoms with Gasteiger partial charge >= 0.3 is 0 Å². The average Bonchev–Trinajstić information content (AvgIpc) is 2.59. The van der Waals surface area contributed by atoms with E-state index in [0.29, 0.717) is 11.7 Å². The Morgan fingerprint density at radius 3 is 2.23 bits per heavy atom. The van der Waals surface area contributed by atoms with E-state index in [-0.39, 0.29) is 23.5 Å². The van der Waals surface area contributed by atoms with Gasteiger partial charge < -0.3 is 10.1 Å². The van der Waals surface area contributed by atoms with Crippen molar-refractivity contribution >= 4 is 15.7 Å². The Kier molecular flexibility index (Phi) is 6.42. The lowest BCUT2D eigenvalue weighted by Gasteiger charge is -2.17. The van der Waals surface area contributed by atoms with Crippen molar-refractivity contribution in [1.29, 1.82) is 0 Å². The zero-order valence-corrected chi connectivity index (χ0v) is 16.3. The topological polar surface area (TPSA) is 72.5 Å². The third-order valence-electron chi connectivity index (χ3n) is 4.09. The molecule has 0 aromatic heterocycles. The number of nitrogens with one attached hydrogen (secondary N) is 1. The molecule has 1 atom stereocenters. The van der Waals surface area contributed by atoms with Crippen molar-refractivity contribution in [1.82, 2.24) is 5.32 Å². The van der Waals surface area contributed by atoms with Gasteiger partial charge in [-0.05, 0) is 42.2 Å². The monoisotopic (exact) mass is 375 g/mol. The highest BCUT2D eigenvalue weighted by molar-refractivity contribution is 7.90. The van der Waals surface area contributed by atoms with Crippen LogP contribution in [0.5, 0.6) is 5.75 Å². The van der Waals surface area contributed by atoms with Crippen molar-refractivity contribution in [2.45, 2.75) is 37.6 Å². The second-order valence-electron chi connectivity index (χ2n) is 6.61. The normalized spacial score (nSPS) is 12.7. The van der Waals surface area contributed by atoms with Crippen LogP contribution in [0, 0.1) is 0 Å². The predicted molar refractivity (Wildman–Crippen MR) is 102 cm³/mol. The van der Waals surface area contributed by atoms with Gasteiger partial charge in [0.2, 0.25) is 0 Å². The second kappa shape index (κ2) is 8.36. The lowest BCUT2D eigenvalue weighted by atomic mass is 10.0. The van der Waals surface area contributed by atoms with Gasteiger partial charge in [0.05, 0.1) is 10.9 Å². The Morgan fingerprint density at radius 2 is 1.65 bits per heavy atom. The van der Waals surface area contributed by atoms with Gasteiger partial charge in [-0.25, -0.2) is 8.42 Å². The van der Waals surface area contributed by atoms with Crippen LogP contribution in [0.15, 0.2) is 53.4 Å². The van der Waals surface area contributed by atoms with Crippen LogP contribution < -0.4 is 10.1 Å². The first-order valence-electron chi connectivity index (χ1n) is 8.49. The van der Waals surface area contributed by atoms with Gasteiger partial charge in [-0.1, -0.05) is 44.2 Å². The summed E-state index contributed by atoms with van der Waals surface area (Å²) in [7, 11) is -3.23. The number of carbonyl (C=O) groups is 1. The molecule has 0 aliphatic rings. The van der Waals surface area contributed by atoms with Crippen LogP contribution in [0.3, 0.4) is 0 Å². The van der Waals surface area contributed by atoms with Crippen molar-refractivity contribution in [2.24, 2.45) is 0 Å². The van der Waals surface area contributed by atoms with Crippen molar-refractivity contribution in [3.8, 4) is 5.75 Å². The van der Waals surface area contributed by atoms with E-state index < -0.39 is 9.84 Å². The fraction of sp³-hybridized carbons (Fsp3) is 0.350. The van der Waals surface area contributed by atoms with Gasteiger partial charge in [-0.2, -0.15) is 0 Å². The number of carbonyl (C=O) groups excluding carboxylic acids is 1. The van der Waals surface area contributed by atoms with Crippen molar-refractivity contribution in [2.75, 3.05) is 12.9 Å². The van der Waals surface area contributed by atoms with Gasteiger partial charge in [0.1, 0.15) is 5.75 Å². The molecule has 140 valence electrons. The van der Waals surface area contributed by atoms with Gasteiger partial charge in [-0.3, -0.25) is 4.79 Å².